The number of pyridine rings is 1. The molecular weight excluding hydrogens is 345 g/mol. The number of hydrogen-bond acceptors (Lipinski definition) is 3. The van der Waals surface area contributed by atoms with E-state index in [9.17, 15) is 18.0 Å². The minimum Gasteiger partial charge on any atom is -0.322 e. The van der Waals surface area contributed by atoms with Gasteiger partial charge in [0.25, 0.3) is 5.91 Å². The highest BCUT2D eigenvalue weighted by molar-refractivity contribution is 6.04. The number of nitrogens with zero attached hydrogens (tertiary/aromatic N) is 3. The molecule has 0 aliphatic carbocycles. The third kappa shape index (κ3) is 4.08. The molecule has 0 fully saturated rings. The summed E-state index contributed by atoms with van der Waals surface area (Å²) in [6, 6.07) is 10.9. The normalized spacial score (nSPS) is 11.4. The van der Waals surface area contributed by atoms with Crippen LogP contribution in [-0.4, -0.2) is 20.7 Å². The molecule has 1 amide bonds. The molecule has 134 valence electrons. The molecule has 1 N–H and O–H groups in total. The lowest BCUT2D eigenvalue weighted by Crippen LogP contribution is -2.16. The summed E-state index contributed by atoms with van der Waals surface area (Å²) in [5, 5.41) is 6.78. The van der Waals surface area contributed by atoms with Crippen LogP contribution in [0.3, 0.4) is 0 Å². The topological polar surface area (TPSA) is 59.8 Å². The van der Waals surface area contributed by atoms with Crippen molar-refractivity contribution < 1.29 is 18.0 Å². The van der Waals surface area contributed by atoms with Gasteiger partial charge in [0.1, 0.15) is 5.69 Å². The molecule has 0 aliphatic heterocycles. The molecule has 0 bridgehead atoms. The molecule has 0 atom stereocenters. The minimum absolute atomic E-state index is 0.0210. The van der Waals surface area contributed by atoms with E-state index >= 15 is 0 Å². The van der Waals surface area contributed by atoms with Gasteiger partial charge >= 0.3 is 6.18 Å². The molecule has 3 aromatic rings. The molecule has 8 heteroatoms. The van der Waals surface area contributed by atoms with Gasteiger partial charge in [-0.25, -0.2) is 4.98 Å². The number of aromatic nitrogens is 3. The summed E-state index contributed by atoms with van der Waals surface area (Å²) in [7, 11) is 0. The summed E-state index contributed by atoms with van der Waals surface area (Å²) in [6.45, 7) is 1.97. The fourth-order valence-corrected chi connectivity index (χ4v) is 2.43. The number of amides is 1. The van der Waals surface area contributed by atoms with Crippen molar-refractivity contribution in [2.75, 3.05) is 5.32 Å². The molecule has 0 radical (unpaired) electrons. The van der Waals surface area contributed by atoms with Crippen LogP contribution in [-0.2, 0) is 12.7 Å². The highest BCUT2D eigenvalue weighted by atomic mass is 19.4. The fraction of sp³-hybridized carbons (Fsp3) is 0.167. The van der Waals surface area contributed by atoms with E-state index < -0.39 is 17.8 Å². The monoisotopic (exact) mass is 360 g/mol. The molecular formula is C18H15F3N4O. The standard InChI is InChI=1S/C18H15F3N4O/c1-12-15(7-8-16(23-12)18(19,20)21)17(26)24-14-5-3-13(4-6-14)11-25-10-2-9-22-25/h2-10H,11H2,1H3,(H,24,26). The van der Waals surface area contributed by atoms with Crippen LogP contribution in [0.4, 0.5) is 18.9 Å². The van der Waals surface area contributed by atoms with Gasteiger partial charge in [0, 0.05) is 18.1 Å². The lowest BCUT2D eigenvalue weighted by Gasteiger charge is -2.11. The van der Waals surface area contributed by atoms with E-state index in [1.54, 1.807) is 23.0 Å². The molecule has 0 saturated heterocycles. The molecule has 0 unspecified atom stereocenters. The van der Waals surface area contributed by atoms with E-state index in [1.807, 2.05) is 24.4 Å². The first-order valence-corrected chi connectivity index (χ1v) is 7.75. The Balaban J connectivity index is 1.70. The van der Waals surface area contributed by atoms with Crippen molar-refractivity contribution >= 4 is 11.6 Å². The number of benzene rings is 1. The van der Waals surface area contributed by atoms with E-state index in [4.69, 9.17) is 0 Å². The number of carbonyl (C=O) groups is 1. The van der Waals surface area contributed by atoms with E-state index in [2.05, 4.69) is 15.4 Å². The van der Waals surface area contributed by atoms with Crippen LogP contribution < -0.4 is 5.32 Å². The maximum absolute atomic E-state index is 12.7. The predicted octanol–water partition coefficient (Wildman–Crippen LogP) is 3.91. The van der Waals surface area contributed by atoms with E-state index in [1.165, 1.54) is 6.92 Å². The predicted molar refractivity (Wildman–Crippen MR) is 89.7 cm³/mol. The Bertz CT molecular complexity index is 903. The van der Waals surface area contributed by atoms with Crippen molar-refractivity contribution in [3.05, 3.63) is 77.4 Å². The highest BCUT2D eigenvalue weighted by Crippen LogP contribution is 2.28. The average Bonchev–Trinajstić information content (AvgIpc) is 3.08. The molecule has 5 nitrogen and oxygen atoms in total. The lowest BCUT2D eigenvalue weighted by atomic mass is 10.1. The number of carbonyl (C=O) groups excluding carboxylic acids is 1. The Hall–Kier alpha value is -3.16. The maximum Gasteiger partial charge on any atom is 0.433 e. The number of rotatable bonds is 4. The Morgan fingerprint density at radius 1 is 1.15 bits per heavy atom. The zero-order valence-electron chi connectivity index (χ0n) is 13.8. The number of anilines is 1. The van der Waals surface area contributed by atoms with Crippen LogP contribution in [0.25, 0.3) is 0 Å². The molecule has 3 rings (SSSR count). The number of halogens is 3. The third-order valence-corrected chi connectivity index (χ3v) is 3.74. The first kappa shape index (κ1) is 17.7. The number of hydrogen-bond donors (Lipinski definition) is 1. The summed E-state index contributed by atoms with van der Waals surface area (Å²) in [6.07, 6.45) is -1.00. The van der Waals surface area contributed by atoms with Gasteiger partial charge in [0.2, 0.25) is 0 Å². The van der Waals surface area contributed by atoms with Gasteiger partial charge in [-0.15, -0.1) is 0 Å². The van der Waals surface area contributed by atoms with Crippen LogP contribution in [0.15, 0.2) is 54.9 Å². The van der Waals surface area contributed by atoms with Gasteiger partial charge in [0.05, 0.1) is 17.8 Å². The van der Waals surface area contributed by atoms with E-state index in [-0.39, 0.29) is 11.3 Å². The van der Waals surface area contributed by atoms with Crippen LogP contribution in [0, 0.1) is 6.92 Å². The molecule has 2 heterocycles. The average molecular weight is 360 g/mol. The van der Waals surface area contributed by atoms with E-state index in [0.29, 0.717) is 12.2 Å². The first-order valence-electron chi connectivity index (χ1n) is 7.75. The fourth-order valence-electron chi connectivity index (χ4n) is 2.43. The summed E-state index contributed by atoms with van der Waals surface area (Å²) >= 11 is 0. The summed E-state index contributed by atoms with van der Waals surface area (Å²) in [5.74, 6) is -0.511. The van der Waals surface area contributed by atoms with Crippen molar-refractivity contribution in [2.24, 2.45) is 0 Å². The Kier molecular flexibility index (Phi) is 4.75. The molecule has 0 aliphatic rings. The minimum atomic E-state index is -4.54. The quantitative estimate of drug-likeness (QED) is 0.768. The summed E-state index contributed by atoms with van der Waals surface area (Å²) in [4.78, 5) is 15.8. The zero-order chi connectivity index (χ0) is 18.7. The Labute approximate surface area is 147 Å². The second-order valence-electron chi connectivity index (χ2n) is 5.68. The van der Waals surface area contributed by atoms with Crippen LogP contribution >= 0.6 is 0 Å². The van der Waals surface area contributed by atoms with Crippen molar-refractivity contribution in [1.82, 2.24) is 14.8 Å². The van der Waals surface area contributed by atoms with Gasteiger partial charge < -0.3 is 5.32 Å². The van der Waals surface area contributed by atoms with Gasteiger partial charge in [-0.05, 0) is 42.8 Å². The largest absolute Gasteiger partial charge is 0.433 e. The molecule has 2 aromatic heterocycles. The van der Waals surface area contributed by atoms with Crippen LogP contribution in [0.2, 0.25) is 0 Å². The molecule has 0 spiro atoms. The lowest BCUT2D eigenvalue weighted by molar-refractivity contribution is -0.141. The van der Waals surface area contributed by atoms with Crippen molar-refractivity contribution in [1.29, 1.82) is 0 Å². The highest BCUT2D eigenvalue weighted by Gasteiger charge is 2.33. The smallest absolute Gasteiger partial charge is 0.322 e. The third-order valence-electron chi connectivity index (χ3n) is 3.74. The molecule has 26 heavy (non-hydrogen) atoms. The van der Waals surface area contributed by atoms with Gasteiger partial charge in [-0.2, -0.15) is 18.3 Å². The molecule has 1 aromatic carbocycles. The Morgan fingerprint density at radius 2 is 1.88 bits per heavy atom. The second-order valence-corrected chi connectivity index (χ2v) is 5.68. The zero-order valence-corrected chi connectivity index (χ0v) is 13.8. The Morgan fingerprint density at radius 3 is 2.46 bits per heavy atom. The van der Waals surface area contributed by atoms with Crippen molar-refractivity contribution in [2.45, 2.75) is 19.6 Å². The van der Waals surface area contributed by atoms with Crippen LogP contribution in [0.1, 0.15) is 27.3 Å². The number of alkyl halides is 3. The summed E-state index contributed by atoms with van der Waals surface area (Å²) < 4.78 is 39.7. The second kappa shape index (κ2) is 6.99. The first-order chi connectivity index (χ1) is 12.3. The van der Waals surface area contributed by atoms with Crippen LogP contribution in [0.5, 0.6) is 0 Å². The van der Waals surface area contributed by atoms with Crippen molar-refractivity contribution in [3.8, 4) is 0 Å². The maximum atomic E-state index is 12.7. The summed E-state index contributed by atoms with van der Waals surface area (Å²) in [5.41, 5.74) is 0.637. The van der Waals surface area contributed by atoms with Gasteiger partial charge in [-0.1, -0.05) is 12.1 Å². The van der Waals surface area contributed by atoms with Gasteiger partial charge in [0.15, 0.2) is 0 Å². The van der Waals surface area contributed by atoms with Gasteiger partial charge in [-0.3, -0.25) is 9.48 Å². The number of aryl methyl sites for hydroxylation is 1. The van der Waals surface area contributed by atoms with E-state index in [0.717, 1.165) is 17.7 Å². The SMILES string of the molecule is Cc1nc(C(F)(F)F)ccc1C(=O)Nc1ccc(Cn2cccn2)cc1. The number of nitrogens with one attached hydrogen (secondary N) is 1. The molecule has 0 saturated carbocycles. The van der Waals surface area contributed by atoms with Crippen molar-refractivity contribution in [3.63, 3.8) is 0 Å².